The topological polar surface area (TPSA) is 72.5 Å². The fourth-order valence-electron chi connectivity index (χ4n) is 3.03. The van der Waals surface area contributed by atoms with Gasteiger partial charge in [-0.05, 0) is 23.8 Å². The van der Waals surface area contributed by atoms with Gasteiger partial charge in [0.15, 0.2) is 11.5 Å². The zero-order valence-corrected chi connectivity index (χ0v) is 13.9. The van der Waals surface area contributed by atoms with Crippen LogP contribution in [0.3, 0.4) is 0 Å². The number of anilines is 1. The second-order valence-corrected chi connectivity index (χ2v) is 6.86. The molecule has 0 fully saturated rings. The zero-order valence-electron chi connectivity index (χ0n) is 13.0. The van der Waals surface area contributed by atoms with E-state index in [9.17, 15) is 4.79 Å². The Hall–Kier alpha value is -3.06. The van der Waals surface area contributed by atoms with Crippen LogP contribution in [-0.2, 0) is 6.42 Å². The second kappa shape index (κ2) is 5.49. The van der Waals surface area contributed by atoms with E-state index in [2.05, 4.69) is 28.0 Å². The lowest BCUT2D eigenvalue weighted by molar-refractivity contribution is 0.0962. The first kappa shape index (κ1) is 14.3. The lowest BCUT2D eigenvalue weighted by Gasteiger charge is -2.06. The molecule has 1 aliphatic heterocycles. The number of nitrogens with one attached hydrogen (secondary N) is 2. The molecule has 2 heterocycles. The van der Waals surface area contributed by atoms with Crippen molar-refractivity contribution in [3.8, 4) is 22.8 Å². The average molecular weight is 351 g/mol. The van der Waals surface area contributed by atoms with Gasteiger partial charge in [0.1, 0.15) is 0 Å². The predicted octanol–water partition coefficient (Wildman–Crippen LogP) is 3.20. The Bertz CT molecular complexity index is 999. The third-order valence-electron chi connectivity index (χ3n) is 4.24. The zero-order chi connectivity index (χ0) is 16.8. The monoisotopic (exact) mass is 351 g/mol. The van der Waals surface area contributed by atoms with Crippen molar-refractivity contribution in [1.29, 1.82) is 0 Å². The number of hydrogen-bond acceptors (Lipinski definition) is 6. The number of benzene rings is 2. The SMILES string of the molecule is O=C(NNc1nc2c(s1)Cc1ccccc1-2)c1ccc2c(c1)OCO2. The molecule has 5 rings (SSSR count). The third-order valence-corrected chi connectivity index (χ3v) is 5.21. The second-order valence-electron chi connectivity index (χ2n) is 5.77. The molecule has 0 atom stereocenters. The van der Waals surface area contributed by atoms with Crippen LogP contribution in [0, 0.1) is 0 Å². The Morgan fingerprint density at radius 3 is 2.96 bits per heavy atom. The van der Waals surface area contributed by atoms with Crippen molar-refractivity contribution in [2.75, 3.05) is 12.2 Å². The molecule has 1 aliphatic carbocycles. The van der Waals surface area contributed by atoms with E-state index >= 15 is 0 Å². The predicted molar refractivity (Wildman–Crippen MR) is 94.0 cm³/mol. The molecule has 25 heavy (non-hydrogen) atoms. The first-order valence-corrected chi connectivity index (χ1v) is 8.63. The molecule has 0 radical (unpaired) electrons. The Balaban J connectivity index is 1.31. The summed E-state index contributed by atoms with van der Waals surface area (Å²) in [6.45, 7) is 0.185. The summed E-state index contributed by atoms with van der Waals surface area (Å²) >= 11 is 1.55. The van der Waals surface area contributed by atoms with Crippen LogP contribution < -0.4 is 20.3 Å². The van der Waals surface area contributed by atoms with Gasteiger partial charge >= 0.3 is 0 Å². The van der Waals surface area contributed by atoms with Crippen LogP contribution in [0.2, 0.25) is 0 Å². The molecule has 2 aliphatic rings. The van der Waals surface area contributed by atoms with Crippen LogP contribution in [0.4, 0.5) is 5.13 Å². The minimum atomic E-state index is -0.256. The quantitative estimate of drug-likeness (QED) is 0.555. The minimum absolute atomic E-state index is 0.185. The maximum Gasteiger partial charge on any atom is 0.269 e. The fourth-order valence-corrected chi connectivity index (χ4v) is 3.99. The molecule has 0 saturated carbocycles. The van der Waals surface area contributed by atoms with Gasteiger partial charge in [-0.3, -0.25) is 15.6 Å². The number of fused-ring (bicyclic) bond motifs is 4. The van der Waals surface area contributed by atoms with Crippen molar-refractivity contribution >= 4 is 22.4 Å². The molecule has 0 saturated heterocycles. The number of carbonyl (C=O) groups excluding carboxylic acids is 1. The largest absolute Gasteiger partial charge is 0.454 e. The molecule has 1 amide bonds. The normalized spacial score (nSPS) is 13.3. The Morgan fingerprint density at radius 2 is 2.00 bits per heavy atom. The molecule has 6 nitrogen and oxygen atoms in total. The molecule has 0 bridgehead atoms. The number of aromatic nitrogens is 1. The highest BCUT2D eigenvalue weighted by Crippen LogP contribution is 2.40. The van der Waals surface area contributed by atoms with E-state index in [1.807, 2.05) is 12.1 Å². The lowest BCUT2D eigenvalue weighted by atomic mass is 10.1. The number of hydrazine groups is 1. The summed E-state index contributed by atoms with van der Waals surface area (Å²) in [5, 5.41) is 0.675. The van der Waals surface area contributed by atoms with E-state index in [0.29, 0.717) is 22.2 Å². The number of rotatable bonds is 3. The lowest BCUT2D eigenvalue weighted by Crippen LogP contribution is -2.29. The maximum absolute atomic E-state index is 12.3. The first-order valence-electron chi connectivity index (χ1n) is 7.82. The van der Waals surface area contributed by atoms with Crippen molar-refractivity contribution in [3.05, 3.63) is 58.5 Å². The number of amides is 1. The average Bonchev–Trinajstić information content (AvgIpc) is 3.32. The summed E-state index contributed by atoms with van der Waals surface area (Å²) in [6.07, 6.45) is 0.890. The van der Waals surface area contributed by atoms with Crippen LogP contribution >= 0.6 is 11.3 Å². The standard InChI is InChI=1S/C18H13N3O3S/c22-17(11-5-6-13-14(7-11)24-9-23-13)20-21-18-19-16-12-4-2-1-3-10(12)8-15(16)25-18/h1-7H,8-9H2,(H,19,21)(H,20,22). The molecular formula is C18H13N3O3S. The van der Waals surface area contributed by atoms with Crippen LogP contribution in [0.15, 0.2) is 42.5 Å². The summed E-state index contributed by atoms with van der Waals surface area (Å²) < 4.78 is 10.5. The van der Waals surface area contributed by atoms with Gasteiger partial charge in [0, 0.05) is 22.4 Å². The van der Waals surface area contributed by atoms with Gasteiger partial charge in [0.2, 0.25) is 11.9 Å². The molecule has 0 spiro atoms. The van der Waals surface area contributed by atoms with Crippen LogP contribution in [0.5, 0.6) is 11.5 Å². The summed E-state index contributed by atoms with van der Waals surface area (Å²) in [5.74, 6) is 0.978. The van der Waals surface area contributed by atoms with Gasteiger partial charge in [-0.1, -0.05) is 35.6 Å². The molecule has 2 aromatic carbocycles. The van der Waals surface area contributed by atoms with E-state index in [-0.39, 0.29) is 12.7 Å². The van der Waals surface area contributed by atoms with E-state index in [4.69, 9.17) is 9.47 Å². The molecule has 7 heteroatoms. The van der Waals surface area contributed by atoms with Crippen LogP contribution in [0.1, 0.15) is 20.8 Å². The molecule has 0 unspecified atom stereocenters. The molecule has 3 aromatic rings. The van der Waals surface area contributed by atoms with Crippen molar-refractivity contribution in [3.63, 3.8) is 0 Å². The van der Waals surface area contributed by atoms with Gasteiger partial charge in [-0.25, -0.2) is 4.98 Å². The summed E-state index contributed by atoms with van der Waals surface area (Å²) in [6, 6.07) is 13.3. The number of ether oxygens (including phenoxy) is 2. The summed E-state index contributed by atoms with van der Waals surface area (Å²) in [5.41, 5.74) is 9.55. The highest BCUT2D eigenvalue weighted by molar-refractivity contribution is 7.16. The van der Waals surface area contributed by atoms with Gasteiger partial charge in [0.05, 0.1) is 5.69 Å². The minimum Gasteiger partial charge on any atom is -0.454 e. The van der Waals surface area contributed by atoms with E-state index < -0.39 is 0 Å². The van der Waals surface area contributed by atoms with E-state index in [1.54, 1.807) is 29.5 Å². The first-order chi connectivity index (χ1) is 12.3. The van der Waals surface area contributed by atoms with Crippen LogP contribution in [0.25, 0.3) is 11.3 Å². The maximum atomic E-state index is 12.3. The Kier molecular flexibility index (Phi) is 3.14. The van der Waals surface area contributed by atoms with Crippen molar-refractivity contribution in [2.45, 2.75) is 6.42 Å². The van der Waals surface area contributed by atoms with E-state index in [0.717, 1.165) is 12.1 Å². The van der Waals surface area contributed by atoms with Gasteiger partial charge in [-0.2, -0.15) is 0 Å². The van der Waals surface area contributed by atoms with Gasteiger partial charge in [-0.15, -0.1) is 0 Å². The fraction of sp³-hybridized carbons (Fsp3) is 0.111. The Labute approximate surface area is 147 Å². The number of nitrogens with zero attached hydrogens (tertiary/aromatic N) is 1. The van der Waals surface area contributed by atoms with E-state index in [1.165, 1.54) is 16.0 Å². The van der Waals surface area contributed by atoms with Crippen LogP contribution in [-0.4, -0.2) is 17.7 Å². The molecule has 2 N–H and O–H groups in total. The molecule has 1 aromatic heterocycles. The summed E-state index contributed by atoms with van der Waals surface area (Å²) in [7, 11) is 0. The highest BCUT2D eigenvalue weighted by atomic mass is 32.1. The number of thiazole rings is 1. The summed E-state index contributed by atoms with van der Waals surface area (Å²) in [4.78, 5) is 18.1. The smallest absolute Gasteiger partial charge is 0.269 e. The van der Waals surface area contributed by atoms with Crippen molar-refractivity contribution in [2.24, 2.45) is 0 Å². The Morgan fingerprint density at radius 1 is 1.12 bits per heavy atom. The number of hydrogen-bond donors (Lipinski definition) is 2. The van der Waals surface area contributed by atoms with Gasteiger partial charge < -0.3 is 9.47 Å². The van der Waals surface area contributed by atoms with Crippen molar-refractivity contribution in [1.82, 2.24) is 10.4 Å². The number of carbonyl (C=O) groups is 1. The van der Waals surface area contributed by atoms with Crippen molar-refractivity contribution < 1.29 is 14.3 Å². The third kappa shape index (κ3) is 2.40. The highest BCUT2D eigenvalue weighted by Gasteiger charge is 2.23. The van der Waals surface area contributed by atoms with Gasteiger partial charge in [0.25, 0.3) is 5.91 Å². The molecular weight excluding hydrogens is 338 g/mol. The molecule has 124 valence electrons.